The molecule has 0 spiro atoms. The molecule has 6 nitrogen and oxygen atoms in total. The van der Waals surface area contributed by atoms with Crippen molar-refractivity contribution in [1.82, 2.24) is 4.98 Å². The van der Waals surface area contributed by atoms with Gasteiger partial charge in [0.2, 0.25) is 0 Å². The van der Waals surface area contributed by atoms with Gasteiger partial charge in [-0.3, -0.25) is 9.78 Å². The molecule has 1 unspecified atom stereocenters. The third-order valence-corrected chi connectivity index (χ3v) is 8.85. The molecule has 1 aliphatic heterocycles. The van der Waals surface area contributed by atoms with Crippen LogP contribution in [0.2, 0.25) is 0 Å². The van der Waals surface area contributed by atoms with Gasteiger partial charge in [0.15, 0.2) is 6.10 Å². The zero-order valence-corrected chi connectivity index (χ0v) is 20.5. The molecule has 3 aliphatic rings. The second kappa shape index (κ2) is 8.90. The first-order valence-electron chi connectivity index (χ1n) is 12.5. The molecule has 1 saturated heterocycles. The highest BCUT2D eigenvalue weighted by Crippen LogP contribution is 2.60. The van der Waals surface area contributed by atoms with Crippen molar-refractivity contribution in [3.8, 4) is 5.75 Å². The van der Waals surface area contributed by atoms with E-state index in [2.05, 4.69) is 18.5 Å². The Hall–Kier alpha value is -2.99. The van der Waals surface area contributed by atoms with Crippen LogP contribution in [0, 0.1) is 22.7 Å². The quantitative estimate of drug-likeness (QED) is 0.380. The summed E-state index contributed by atoms with van der Waals surface area (Å²) in [5.41, 5.74) is 1.53. The van der Waals surface area contributed by atoms with E-state index in [-0.39, 0.29) is 42.2 Å². The van der Waals surface area contributed by atoms with Crippen LogP contribution < -0.4 is 4.74 Å². The summed E-state index contributed by atoms with van der Waals surface area (Å²) in [6.45, 7) is 8.55. The summed E-state index contributed by atoms with van der Waals surface area (Å²) in [7, 11) is 0. The number of nitrogens with zero attached hydrogens (tertiary/aromatic N) is 1. The molecule has 2 saturated carbocycles. The summed E-state index contributed by atoms with van der Waals surface area (Å²) in [5, 5.41) is 11.1. The molecular formula is C29H33NO5. The van der Waals surface area contributed by atoms with Gasteiger partial charge in [0.1, 0.15) is 23.7 Å². The molecule has 6 heteroatoms. The number of fused-ring (bicyclic) bond motifs is 2. The number of hydrogen-bond donors (Lipinski definition) is 1. The molecule has 184 valence electrons. The van der Waals surface area contributed by atoms with Crippen molar-refractivity contribution in [2.45, 2.75) is 52.1 Å². The van der Waals surface area contributed by atoms with Crippen LogP contribution in [0.4, 0.5) is 0 Å². The second-order valence-corrected chi connectivity index (χ2v) is 10.7. The van der Waals surface area contributed by atoms with Crippen LogP contribution in [0.15, 0.2) is 60.3 Å². The first-order chi connectivity index (χ1) is 16.8. The minimum absolute atomic E-state index is 0.0829. The van der Waals surface area contributed by atoms with Gasteiger partial charge < -0.3 is 14.6 Å². The minimum atomic E-state index is -0.724. The number of para-hydroxylation sites is 1. The van der Waals surface area contributed by atoms with Crippen molar-refractivity contribution in [2.24, 2.45) is 22.7 Å². The molecule has 5 rings (SSSR count). The number of esters is 1. The molecule has 0 bridgehead atoms. The number of cyclic esters (lactones) is 1. The maximum Gasteiger partial charge on any atom is 0.337 e. The van der Waals surface area contributed by atoms with E-state index in [1.54, 1.807) is 6.20 Å². The van der Waals surface area contributed by atoms with E-state index in [0.717, 1.165) is 35.7 Å². The largest absolute Gasteiger partial charge is 0.480 e. The summed E-state index contributed by atoms with van der Waals surface area (Å²) in [6.07, 6.45) is 6.70. The van der Waals surface area contributed by atoms with Crippen molar-refractivity contribution >= 4 is 22.7 Å². The number of carbonyl (C=O) groups excluding carboxylic acids is 2. The summed E-state index contributed by atoms with van der Waals surface area (Å²) in [5.74, 6) is 0.616. The van der Waals surface area contributed by atoms with Crippen LogP contribution in [0.5, 0.6) is 5.75 Å². The number of ether oxygens (including phenoxy) is 2. The highest BCUT2D eigenvalue weighted by Gasteiger charge is 2.57. The van der Waals surface area contributed by atoms with Crippen molar-refractivity contribution in [3.63, 3.8) is 0 Å². The minimum Gasteiger partial charge on any atom is -0.480 e. The van der Waals surface area contributed by atoms with Crippen LogP contribution in [0.1, 0.15) is 46.0 Å². The number of aliphatic hydroxyl groups excluding tert-OH is 1. The number of allylic oxidation sites excluding steroid dienone is 2. The lowest BCUT2D eigenvalue weighted by Gasteiger charge is -2.57. The van der Waals surface area contributed by atoms with E-state index in [1.165, 1.54) is 0 Å². The molecule has 35 heavy (non-hydrogen) atoms. The normalized spacial score (nSPS) is 34.2. The average Bonchev–Trinajstić information content (AvgIpc) is 3.20. The van der Waals surface area contributed by atoms with E-state index in [9.17, 15) is 14.7 Å². The van der Waals surface area contributed by atoms with E-state index in [1.807, 2.05) is 43.3 Å². The second-order valence-electron chi connectivity index (χ2n) is 10.7. The lowest BCUT2D eigenvalue weighted by Crippen LogP contribution is -2.55. The van der Waals surface area contributed by atoms with Gasteiger partial charge in [-0.25, -0.2) is 4.79 Å². The third kappa shape index (κ3) is 3.88. The fourth-order valence-electron chi connectivity index (χ4n) is 6.77. The Balaban J connectivity index is 1.41. The van der Waals surface area contributed by atoms with Crippen LogP contribution in [0.3, 0.4) is 0 Å². The Bertz CT molecular complexity index is 1210. The monoisotopic (exact) mass is 475 g/mol. The van der Waals surface area contributed by atoms with Gasteiger partial charge >= 0.3 is 5.97 Å². The van der Waals surface area contributed by atoms with Gasteiger partial charge in [-0.05, 0) is 55.1 Å². The van der Waals surface area contributed by atoms with Gasteiger partial charge in [-0.2, -0.15) is 0 Å². The Morgan fingerprint density at radius 1 is 1.23 bits per heavy atom. The lowest BCUT2D eigenvalue weighted by atomic mass is 9.46. The molecule has 2 aromatic rings. The molecule has 0 amide bonds. The maximum atomic E-state index is 12.8. The summed E-state index contributed by atoms with van der Waals surface area (Å²) in [4.78, 5) is 29.9. The number of benzene rings is 1. The van der Waals surface area contributed by atoms with Crippen LogP contribution in [-0.4, -0.2) is 41.2 Å². The maximum absolute atomic E-state index is 12.8. The summed E-state index contributed by atoms with van der Waals surface area (Å²) < 4.78 is 11.6. The van der Waals surface area contributed by atoms with Crippen molar-refractivity contribution in [2.75, 3.05) is 13.2 Å². The molecule has 1 aromatic heterocycles. The Morgan fingerprint density at radius 2 is 2.03 bits per heavy atom. The average molecular weight is 476 g/mol. The van der Waals surface area contributed by atoms with Crippen molar-refractivity contribution in [3.05, 3.63) is 60.3 Å². The Kier molecular flexibility index (Phi) is 6.04. The number of Topliss-reactive ketones (excluding diaryl/α,β-unsaturated/α-hetero) is 1. The number of aromatic nitrogens is 1. The summed E-state index contributed by atoms with van der Waals surface area (Å²) >= 11 is 0. The number of hydrogen-bond acceptors (Lipinski definition) is 6. The van der Waals surface area contributed by atoms with Gasteiger partial charge in [0.05, 0.1) is 17.6 Å². The van der Waals surface area contributed by atoms with E-state index < -0.39 is 11.5 Å². The predicted molar refractivity (Wildman–Crippen MR) is 133 cm³/mol. The van der Waals surface area contributed by atoms with E-state index >= 15 is 0 Å². The molecule has 2 heterocycles. The number of aliphatic hydroxyl groups is 1. The predicted octanol–water partition coefficient (Wildman–Crippen LogP) is 4.81. The SMILES string of the molecule is C=C1CCC2[C@](C)(CO)C(=O)CC[C@@]2(C)[C@@H]1C/C=C1/C(=O)OC[C@@H]1Oc1cccc2cccnc12. The number of carbonyl (C=O) groups is 2. The first-order valence-corrected chi connectivity index (χ1v) is 12.5. The molecule has 0 radical (unpaired) electrons. The number of ketones is 1. The van der Waals surface area contributed by atoms with Gasteiger partial charge in [0, 0.05) is 18.0 Å². The van der Waals surface area contributed by atoms with Crippen molar-refractivity contribution in [1.29, 1.82) is 0 Å². The van der Waals surface area contributed by atoms with E-state index in [0.29, 0.717) is 24.2 Å². The van der Waals surface area contributed by atoms with Gasteiger partial charge in [-0.15, -0.1) is 0 Å². The molecule has 5 atom stereocenters. The van der Waals surface area contributed by atoms with E-state index in [4.69, 9.17) is 9.47 Å². The van der Waals surface area contributed by atoms with Gasteiger partial charge in [0.25, 0.3) is 0 Å². The zero-order valence-electron chi connectivity index (χ0n) is 20.5. The molecule has 1 N–H and O–H groups in total. The van der Waals surface area contributed by atoms with Crippen LogP contribution in [-0.2, 0) is 14.3 Å². The molecule has 3 fully saturated rings. The standard InChI is InChI=1S/C29H33NO5/c1-18-9-12-24-28(2,14-13-25(32)29(24,3)17-31)21(18)11-10-20-23(16-34-27(20)33)35-22-8-4-6-19-7-5-15-30-26(19)22/h4-8,10,15,21,23-24,31H,1,9,11-14,16-17H2,2-3H3/b20-10+/t21-,23+,24?,28+,29+/m1/s1. The molecular weight excluding hydrogens is 442 g/mol. The lowest BCUT2D eigenvalue weighted by molar-refractivity contribution is -0.151. The van der Waals surface area contributed by atoms with Crippen LogP contribution >= 0.6 is 0 Å². The number of rotatable bonds is 5. The highest BCUT2D eigenvalue weighted by molar-refractivity contribution is 5.92. The molecule has 1 aromatic carbocycles. The fourth-order valence-corrected chi connectivity index (χ4v) is 6.77. The smallest absolute Gasteiger partial charge is 0.337 e. The van der Waals surface area contributed by atoms with Crippen LogP contribution in [0.25, 0.3) is 10.9 Å². The highest BCUT2D eigenvalue weighted by atomic mass is 16.6. The summed E-state index contributed by atoms with van der Waals surface area (Å²) in [6, 6.07) is 9.60. The first kappa shape index (κ1) is 23.7. The van der Waals surface area contributed by atoms with Crippen molar-refractivity contribution < 1.29 is 24.2 Å². The van der Waals surface area contributed by atoms with Gasteiger partial charge in [-0.1, -0.05) is 50.3 Å². The fraction of sp³-hybridized carbons (Fsp3) is 0.483. The zero-order chi connectivity index (χ0) is 24.8. The Morgan fingerprint density at radius 3 is 2.83 bits per heavy atom. The molecule has 2 aliphatic carbocycles. The third-order valence-electron chi connectivity index (χ3n) is 8.85. The topological polar surface area (TPSA) is 85.7 Å². The number of pyridine rings is 1. The Labute approximate surface area is 206 Å².